The molecule has 0 saturated heterocycles. The van der Waals surface area contributed by atoms with Crippen molar-refractivity contribution < 1.29 is 47.0 Å². The smallest absolute Gasteiger partial charge is 0.273 e. The van der Waals surface area contributed by atoms with Gasteiger partial charge in [-0.05, 0) is 13.8 Å². The summed E-state index contributed by atoms with van der Waals surface area (Å²) < 4.78 is 14.5. The number of halogens is 2. The van der Waals surface area contributed by atoms with E-state index in [1.165, 1.54) is 6.07 Å². The first-order valence-corrected chi connectivity index (χ1v) is 11.8. The van der Waals surface area contributed by atoms with E-state index in [1.807, 2.05) is 0 Å². The van der Waals surface area contributed by atoms with Gasteiger partial charge in [0, 0.05) is 81.8 Å². The van der Waals surface area contributed by atoms with Crippen molar-refractivity contribution in [3.8, 4) is 0 Å². The van der Waals surface area contributed by atoms with Gasteiger partial charge in [0.1, 0.15) is 13.7 Å². The number of hydrogen-bond donors (Lipinski definition) is 0. The fraction of sp³-hybridized carbons (Fsp3) is 0.579. The maximum absolute atomic E-state index is 13.0. The molecule has 2 unspecified atom stereocenters. The van der Waals surface area contributed by atoms with E-state index in [4.69, 9.17) is 23.2 Å². The van der Waals surface area contributed by atoms with E-state index in [2.05, 4.69) is 6.92 Å². The van der Waals surface area contributed by atoms with Crippen LogP contribution in [0.2, 0.25) is 0 Å². The van der Waals surface area contributed by atoms with Gasteiger partial charge in [-0.2, -0.15) is 6.42 Å². The summed E-state index contributed by atoms with van der Waals surface area (Å²) in [6.45, 7) is 8.22. The van der Waals surface area contributed by atoms with Gasteiger partial charge in [0.2, 0.25) is 0 Å². The summed E-state index contributed by atoms with van der Waals surface area (Å²) in [5.41, 5.74) is -0.721. The van der Waals surface area contributed by atoms with Crippen LogP contribution in [-0.2, 0) is 47.5 Å². The van der Waals surface area contributed by atoms with Crippen LogP contribution >= 0.6 is 31.2 Å². The molecule has 1 aromatic rings. The quantitative estimate of drug-likeness (QED) is 0.117. The molecule has 1 rings (SSSR count). The van der Waals surface area contributed by atoms with Crippen molar-refractivity contribution in [1.82, 2.24) is 4.67 Å². The van der Waals surface area contributed by atoms with E-state index in [-0.39, 0.29) is 56.5 Å². The van der Waals surface area contributed by atoms with Crippen LogP contribution in [-0.4, -0.2) is 46.4 Å². The molecular formula is C19H28Cl2N2O4PY-. The van der Waals surface area contributed by atoms with E-state index in [1.54, 1.807) is 36.7 Å². The van der Waals surface area contributed by atoms with Crippen LogP contribution in [0.1, 0.15) is 32.3 Å². The van der Waals surface area contributed by atoms with E-state index in [0.29, 0.717) is 43.0 Å². The van der Waals surface area contributed by atoms with Crippen LogP contribution in [0.4, 0.5) is 5.69 Å². The van der Waals surface area contributed by atoms with Crippen molar-refractivity contribution in [3.63, 3.8) is 0 Å². The number of nitro benzene ring substituents is 1. The Morgan fingerprint density at radius 3 is 2.31 bits per heavy atom. The standard InChI is InChI=1S/C19H28Cl2N2O4P.Y/c1-4-15(14-28(27)22(11-9-20)12-10-21)13-18(24)19(2,3)16-7-5-6-8-17(16)23(25)26;/h5-8,15,28H,1,4,9-14H2,2-3H3;/q-1;. The van der Waals surface area contributed by atoms with Gasteiger partial charge in [-0.25, -0.2) is 0 Å². The third-order valence-corrected chi connectivity index (χ3v) is 7.30. The molecule has 0 bridgehead atoms. The zero-order chi connectivity index (χ0) is 21.3. The van der Waals surface area contributed by atoms with Crippen LogP contribution in [0.25, 0.3) is 0 Å². The molecule has 0 N–H and O–H groups in total. The first-order chi connectivity index (χ1) is 13.2. The van der Waals surface area contributed by atoms with Gasteiger partial charge in [-0.15, -0.1) is 23.2 Å². The number of ketones is 1. The summed E-state index contributed by atoms with van der Waals surface area (Å²) in [5.74, 6) is 0.401. The van der Waals surface area contributed by atoms with Crippen molar-refractivity contribution in [3.05, 3.63) is 46.9 Å². The van der Waals surface area contributed by atoms with Crippen LogP contribution in [0, 0.1) is 23.0 Å². The maximum atomic E-state index is 13.0. The minimum Gasteiger partial charge on any atom is -0.343 e. The molecule has 0 saturated carbocycles. The average molecular weight is 539 g/mol. The van der Waals surface area contributed by atoms with Crippen molar-refractivity contribution in [2.75, 3.05) is 31.0 Å². The number of benzene rings is 1. The molecule has 0 fully saturated rings. The average Bonchev–Trinajstić information content (AvgIpc) is 2.66. The number of hydrogen-bond acceptors (Lipinski definition) is 4. The molecule has 161 valence electrons. The largest absolute Gasteiger partial charge is 0.343 e. The number of rotatable bonds is 13. The Morgan fingerprint density at radius 1 is 1.28 bits per heavy atom. The number of carbonyl (C=O) groups is 1. The number of nitrogens with zero attached hydrogens (tertiary/aromatic N) is 2. The zero-order valence-corrected chi connectivity index (χ0v) is 22.3. The normalized spacial score (nSPS) is 13.6. The van der Waals surface area contributed by atoms with Crippen LogP contribution in [0.15, 0.2) is 24.3 Å². The topological polar surface area (TPSA) is 80.5 Å². The molecule has 10 heteroatoms. The number of alkyl halides is 2. The SMILES string of the molecule is [CH2-]CC(CC(=O)C(C)(C)c1ccccc1[N+](=O)[O-])C[PH](=O)N(CCCl)CCCl.[Y]. The van der Waals surface area contributed by atoms with Gasteiger partial charge in [0.05, 0.1) is 10.3 Å². The number of para-hydroxylation sites is 1. The summed E-state index contributed by atoms with van der Waals surface area (Å²) in [6, 6.07) is 6.28. The summed E-state index contributed by atoms with van der Waals surface area (Å²) in [4.78, 5) is 23.9. The molecule has 0 amide bonds. The molecule has 29 heavy (non-hydrogen) atoms. The third kappa shape index (κ3) is 8.67. The van der Waals surface area contributed by atoms with Crippen molar-refractivity contribution in [2.24, 2.45) is 5.92 Å². The van der Waals surface area contributed by atoms with Gasteiger partial charge in [0.15, 0.2) is 0 Å². The summed E-state index contributed by atoms with van der Waals surface area (Å²) in [5, 5.41) is 11.3. The predicted octanol–water partition coefficient (Wildman–Crippen LogP) is 4.92. The molecule has 0 aliphatic carbocycles. The summed E-state index contributed by atoms with van der Waals surface area (Å²) in [6.07, 6.45) is 0.958. The second-order valence-electron chi connectivity index (χ2n) is 7.14. The van der Waals surface area contributed by atoms with E-state index in [0.717, 1.165) is 0 Å². The van der Waals surface area contributed by atoms with Crippen LogP contribution < -0.4 is 0 Å². The van der Waals surface area contributed by atoms with Crippen molar-refractivity contribution >= 4 is 42.6 Å². The van der Waals surface area contributed by atoms with E-state index in [9.17, 15) is 19.5 Å². The molecule has 0 heterocycles. The zero-order valence-electron chi connectivity index (χ0n) is 16.9. The Kier molecular flexibility index (Phi) is 14.3. The second-order valence-corrected chi connectivity index (χ2v) is 9.73. The van der Waals surface area contributed by atoms with Gasteiger partial charge >= 0.3 is 0 Å². The molecule has 6 nitrogen and oxygen atoms in total. The minimum absolute atomic E-state index is 0. The fourth-order valence-corrected chi connectivity index (χ4v) is 5.56. The molecule has 1 radical (unpaired) electrons. The molecule has 0 aliphatic heterocycles. The van der Waals surface area contributed by atoms with Crippen molar-refractivity contribution in [2.45, 2.75) is 32.1 Å². The molecule has 0 aromatic heterocycles. The Hall–Kier alpha value is 0.164. The number of nitro groups is 1. The second kappa shape index (κ2) is 14.3. The van der Waals surface area contributed by atoms with Gasteiger partial charge in [-0.3, -0.25) is 19.6 Å². The first-order valence-electron chi connectivity index (χ1n) is 9.15. The summed E-state index contributed by atoms with van der Waals surface area (Å²) >= 11 is 11.5. The van der Waals surface area contributed by atoms with Gasteiger partial charge in [-0.1, -0.05) is 24.1 Å². The summed E-state index contributed by atoms with van der Waals surface area (Å²) in [7, 11) is -2.13. The molecule has 1 aromatic carbocycles. The number of carbonyl (C=O) groups excluding carboxylic acids is 1. The molecule has 2 atom stereocenters. The van der Waals surface area contributed by atoms with E-state index >= 15 is 0 Å². The number of Topliss-reactive ketones (excluding diaryl/α,β-unsaturated/α-hetero) is 1. The molecular weight excluding hydrogens is 511 g/mol. The third-order valence-electron chi connectivity index (χ3n) is 4.88. The molecule has 0 aliphatic rings. The Morgan fingerprint density at radius 2 is 1.83 bits per heavy atom. The molecule has 0 spiro atoms. The minimum atomic E-state index is -2.13. The maximum Gasteiger partial charge on any atom is 0.273 e. The van der Waals surface area contributed by atoms with Gasteiger partial charge < -0.3 is 11.5 Å². The van der Waals surface area contributed by atoms with Gasteiger partial charge in [0.25, 0.3) is 5.69 Å². The predicted molar refractivity (Wildman–Crippen MR) is 116 cm³/mol. The fourth-order valence-electron chi connectivity index (χ4n) is 3.05. The Labute approximate surface area is 209 Å². The van der Waals surface area contributed by atoms with E-state index < -0.39 is 18.3 Å². The Balaban J connectivity index is 0.00000784. The Bertz CT molecular complexity index is 701. The monoisotopic (exact) mass is 538 g/mol. The van der Waals surface area contributed by atoms with Crippen LogP contribution in [0.5, 0.6) is 0 Å². The first kappa shape index (κ1) is 29.2. The van der Waals surface area contributed by atoms with Crippen molar-refractivity contribution in [1.29, 1.82) is 0 Å². The van der Waals surface area contributed by atoms with Crippen LogP contribution in [0.3, 0.4) is 0 Å².